The normalized spacial score (nSPS) is 26.7. The lowest BCUT2D eigenvalue weighted by Gasteiger charge is -2.27. The number of rotatable bonds is 3. The smallest absolute Gasteiger partial charge is 0.0110 e. The van der Waals surface area contributed by atoms with E-state index in [2.05, 4.69) is 18.7 Å². The molecule has 1 saturated heterocycles. The van der Waals surface area contributed by atoms with Crippen LogP contribution in [0, 0.1) is 0 Å². The fraction of sp³-hybridized carbons (Fsp3) is 1.00. The Bertz CT molecular complexity index is 112. The zero-order chi connectivity index (χ0) is 8.27. The van der Waals surface area contributed by atoms with Crippen LogP contribution in [0.15, 0.2) is 0 Å². The molecule has 0 unspecified atom stereocenters. The number of hydrogen-bond acceptors (Lipinski definition) is 2. The standard InChI is InChI=1S/C9H20N2/c1-8(2)11-7-3-4-9(11)5-6-10/h8-9H,3-7,10H2,1-2H3/t9-/m0/s1. The molecule has 1 rings (SSSR count). The third kappa shape index (κ3) is 2.17. The van der Waals surface area contributed by atoms with Gasteiger partial charge in [-0.25, -0.2) is 0 Å². The van der Waals surface area contributed by atoms with Gasteiger partial charge < -0.3 is 5.73 Å². The van der Waals surface area contributed by atoms with E-state index in [-0.39, 0.29) is 0 Å². The van der Waals surface area contributed by atoms with Gasteiger partial charge in [0.15, 0.2) is 0 Å². The highest BCUT2D eigenvalue weighted by molar-refractivity contribution is 4.81. The fourth-order valence-electron chi connectivity index (χ4n) is 2.04. The molecule has 1 aliphatic rings. The second-order valence-corrected chi connectivity index (χ2v) is 3.70. The number of nitrogens with zero attached hydrogens (tertiary/aromatic N) is 1. The fourth-order valence-corrected chi connectivity index (χ4v) is 2.04. The van der Waals surface area contributed by atoms with Crippen LogP contribution in [0.5, 0.6) is 0 Å². The lowest BCUT2D eigenvalue weighted by molar-refractivity contribution is 0.197. The van der Waals surface area contributed by atoms with E-state index < -0.39 is 0 Å². The van der Waals surface area contributed by atoms with Crippen LogP contribution in [0.1, 0.15) is 33.1 Å². The van der Waals surface area contributed by atoms with Crippen molar-refractivity contribution in [3.63, 3.8) is 0 Å². The molecule has 2 nitrogen and oxygen atoms in total. The minimum absolute atomic E-state index is 0.703. The SMILES string of the molecule is CC(C)N1CCC[C@H]1CCN. The summed E-state index contributed by atoms with van der Waals surface area (Å²) in [6.07, 6.45) is 3.90. The molecule has 2 N–H and O–H groups in total. The van der Waals surface area contributed by atoms with E-state index in [0.29, 0.717) is 6.04 Å². The highest BCUT2D eigenvalue weighted by Crippen LogP contribution is 2.21. The van der Waals surface area contributed by atoms with Crippen LogP contribution in [-0.4, -0.2) is 30.1 Å². The number of nitrogens with two attached hydrogens (primary N) is 1. The van der Waals surface area contributed by atoms with Gasteiger partial charge in [-0.1, -0.05) is 0 Å². The van der Waals surface area contributed by atoms with E-state index in [0.717, 1.165) is 12.6 Å². The molecule has 0 spiro atoms. The molecular weight excluding hydrogens is 136 g/mol. The molecule has 1 aliphatic heterocycles. The zero-order valence-corrected chi connectivity index (χ0v) is 7.71. The van der Waals surface area contributed by atoms with Crippen LogP contribution in [-0.2, 0) is 0 Å². The van der Waals surface area contributed by atoms with Gasteiger partial charge >= 0.3 is 0 Å². The molecule has 0 aromatic carbocycles. The van der Waals surface area contributed by atoms with Crippen molar-refractivity contribution >= 4 is 0 Å². The Balaban J connectivity index is 2.37. The van der Waals surface area contributed by atoms with Crippen molar-refractivity contribution in [3.8, 4) is 0 Å². The average Bonchev–Trinajstić information content (AvgIpc) is 2.36. The molecule has 0 bridgehead atoms. The minimum Gasteiger partial charge on any atom is -0.330 e. The van der Waals surface area contributed by atoms with Gasteiger partial charge in [0.25, 0.3) is 0 Å². The first-order chi connectivity index (χ1) is 5.25. The van der Waals surface area contributed by atoms with Gasteiger partial charge in [0.05, 0.1) is 0 Å². The van der Waals surface area contributed by atoms with Gasteiger partial charge in [-0.15, -0.1) is 0 Å². The summed E-state index contributed by atoms with van der Waals surface area (Å²) in [5.41, 5.74) is 5.54. The van der Waals surface area contributed by atoms with Gasteiger partial charge in [-0.05, 0) is 46.2 Å². The molecule has 0 amide bonds. The average molecular weight is 156 g/mol. The second kappa shape index (κ2) is 4.07. The second-order valence-electron chi connectivity index (χ2n) is 3.70. The van der Waals surface area contributed by atoms with E-state index >= 15 is 0 Å². The molecule has 0 aliphatic carbocycles. The van der Waals surface area contributed by atoms with Gasteiger partial charge in [-0.2, -0.15) is 0 Å². The third-order valence-electron chi connectivity index (χ3n) is 2.59. The summed E-state index contributed by atoms with van der Waals surface area (Å²) in [5, 5.41) is 0. The van der Waals surface area contributed by atoms with Crippen LogP contribution < -0.4 is 5.73 Å². The molecule has 1 fully saturated rings. The van der Waals surface area contributed by atoms with Crippen LogP contribution in [0.3, 0.4) is 0 Å². The molecule has 1 heterocycles. The van der Waals surface area contributed by atoms with Crippen molar-refractivity contribution < 1.29 is 0 Å². The van der Waals surface area contributed by atoms with Crippen molar-refractivity contribution in [2.75, 3.05) is 13.1 Å². The van der Waals surface area contributed by atoms with E-state index in [9.17, 15) is 0 Å². The summed E-state index contributed by atoms with van der Waals surface area (Å²) in [5.74, 6) is 0. The molecule has 2 heteroatoms. The van der Waals surface area contributed by atoms with Gasteiger partial charge in [0, 0.05) is 12.1 Å². The Hall–Kier alpha value is -0.0800. The molecule has 0 aromatic rings. The topological polar surface area (TPSA) is 29.3 Å². The van der Waals surface area contributed by atoms with Gasteiger partial charge in [-0.3, -0.25) is 4.90 Å². The molecule has 11 heavy (non-hydrogen) atoms. The van der Waals surface area contributed by atoms with E-state index in [1.54, 1.807) is 0 Å². The highest BCUT2D eigenvalue weighted by atomic mass is 15.2. The van der Waals surface area contributed by atoms with E-state index in [1.807, 2.05) is 0 Å². The van der Waals surface area contributed by atoms with Gasteiger partial charge in [0.1, 0.15) is 0 Å². The van der Waals surface area contributed by atoms with Crippen molar-refractivity contribution in [2.24, 2.45) is 5.73 Å². The summed E-state index contributed by atoms with van der Waals surface area (Å²) < 4.78 is 0. The number of hydrogen-bond donors (Lipinski definition) is 1. The molecule has 0 saturated carbocycles. The molecular formula is C9H20N2. The zero-order valence-electron chi connectivity index (χ0n) is 7.71. The van der Waals surface area contributed by atoms with Crippen LogP contribution in [0.25, 0.3) is 0 Å². The Kier molecular flexibility index (Phi) is 3.34. The van der Waals surface area contributed by atoms with Crippen LogP contribution in [0.4, 0.5) is 0 Å². The monoisotopic (exact) mass is 156 g/mol. The summed E-state index contributed by atoms with van der Waals surface area (Å²) in [4.78, 5) is 2.58. The molecule has 66 valence electrons. The summed E-state index contributed by atoms with van der Waals surface area (Å²) in [7, 11) is 0. The summed E-state index contributed by atoms with van der Waals surface area (Å²) >= 11 is 0. The first kappa shape index (κ1) is 9.01. The Morgan fingerprint density at radius 1 is 1.55 bits per heavy atom. The maximum Gasteiger partial charge on any atom is 0.0110 e. The highest BCUT2D eigenvalue weighted by Gasteiger charge is 2.25. The molecule has 1 atom stereocenters. The Morgan fingerprint density at radius 3 is 2.82 bits per heavy atom. The third-order valence-corrected chi connectivity index (χ3v) is 2.59. The first-order valence-corrected chi connectivity index (χ1v) is 4.71. The van der Waals surface area contributed by atoms with Gasteiger partial charge in [0.2, 0.25) is 0 Å². The lowest BCUT2D eigenvalue weighted by Crippen LogP contribution is -2.36. The maximum atomic E-state index is 5.54. The maximum absolute atomic E-state index is 5.54. The Labute approximate surface area is 69.8 Å². The molecule has 0 aromatic heterocycles. The van der Waals surface area contributed by atoms with Crippen LogP contribution in [0.2, 0.25) is 0 Å². The van der Waals surface area contributed by atoms with Crippen molar-refractivity contribution in [2.45, 2.75) is 45.2 Å². The Morgan fingerprint density at radius 2 is 2.27 bits per heavy atom. The lowest BCUT2D eigenvalue weighted by atomic mass is 10.1. The first-order valence-electron chi connectivity index (χ1n) is 4.71. The quantitative estimate of drug-likeness (QED) is 0.665. The van der Waals surface area contributed by atoms with E-state index in [1.165, 1.54) is 25.8 Å². The minimum atomic E-state index is 0.703. The summed E-state index contributed by atoms with van der Waals surface area (Å²) in [6, 6.07) is 1.48. The predicted octanol–water partition coefficient (Wildman–Crippen LogP) is 1.21. The predicted molar refractivity (Wildman–Crippen MR) is 48.5 cm³/mol. The van der Waals surface area contributed by atoms with Crippen molar-refractivity contribution in [1.82, 2.24) is 4.90 Å². The largest absolute Gasteiger partial charge is 0.330 e. The summed E-state index contributed by atoms with van der Waals surface area (Å²) in [6.45, 7) is 6.67. The van der Waals surface area contributed by atoms with Crippen molar-refractivity contribution in [1.29, 1.82) is 0 Å². The number of likely N-dealkylation sites (tertiary alicyclic amines) is 1. The van der Waals surface area contributed by atoms with Crippen LogP contribution >= 0.6 is 0 Å². The van der Waals surface area contributed by atoms with E-state index in [4.69, 9.17) is 5.73 Å². The van der Waals surface area contributed by atoms with Crippen molar-refractivity contribution in [3.05, 3.63) is 0 Å². The molecule has 0 radical (unpaired) electrons.